The summed E-state index contributed by atoms with van der Waals surface area (Å²) in [7, 11) is 0. The van der Waals surface area contributed by atoms with E-state index < -0.39 is 0 Å². The van der Waals surface area contributed by atoms with E-state index in [0.717, 1.165) is 34.8 Å². The van der Waals surface area contributed by atoms with Gasteiger partial charge in [-0.25, -0.2) is 0 Å². The van der Waals surface area contributed by atoms with Crippen molar-refractivity contribution in [3.8, 4) is 5.75 Å². The average Bonchev–Trinajstić information content (AvgIpc) is 2.54. The van der Waals surface area contributed by atoms with Crippen molar-refractivity contribution in [2.24, 2.45) is 0 Å². The van der Waals surface area contributed by atoms with Crippen molar-refractivity contribution in [2.75, 3.05) is 26.2 Å². The number of nitrogens with zero attached hydrogens (tertiary/aromatic N) is 2. The van der Waals surface area contributed by atoms with E-state index in [2.05, 4.69) is 61.0 Å². The fourth-order valence-corrected chi connectivity index (χ4v) is 5.67. The third kappa shape index (κ3) is 6.01. The highest BCUT2D eigenvalue weighted by Crippen LogP contribution is 2.29. The minimum absolute atomic E-state index is 0. The molecule has 0 bridgehead atoms. The Morgan fingerprint density at radius 2 is 1.58 bits per heavy atom. The van der Waals surface area contributed by atoms with E-state index >= 15 is 0 Å². The average molecular weight is 599 g/mol. The summed E-state index contributed by atoms with van der Waals surface area (Å²) in [6.07, 6.45) is 6.74. The quantitative estimate of drug-likeness (QED) is 0.502. The van der Waals surface area contributed by atoms with Crippen molar-refractivity contribution >= 4 is 70.0 Å². The van der Waals surface area contributed by atoms with Gasteiger partial charge in [0, 0.05) is 21.7 Å². The van der Waals surface area contributed by atoms with Crippen LogP contribution in [-0.2, 0) is 6.54 Å². The molecule has 0 atom stereocenters. The second-order valence-corrected chi connectivity index (χ2v) is 8.91. The Kier molecular flexibility index (Phi) is 10.5. The van der Waals surface area contributed by atoms with E-state index in [1.165, 1.54) is 48.8 Å². The van der Waals surface area contributed by atoms with Crippen LogP contribution in [0.5, 0.6) is 5.75 Å². The summed E-state index contributed by atoms with van der Waals surface area (Å²) < 4.78 is 2.17. The molecule has 0 saturated carbocycles. The fraction of sp³-hybridized carbons (Fsp3) is 0.647. The number of hydrogen-bond donors (Lipinski definition) is 1. The van der Waals surface area contributed by atoms with E-state index in [-0.39, 0.29) is 24.8 Å². The van der Waals surface area contributed by atoms with Crippen LogP contribution in [0.2, 0.25) is 0 Å². The molecule has 3 rings (SSSR count). The van der Waals surface area contributed by atoms with Gasteiger partial charge in [-0.15, -0.1) is 24.8 Å². The van der Waals surface area contributed by atoms with Crippen LogP contribution in [0.4, 0.5) is 0 Å². The van der Waals surface area contributed by atoms with Gasteiger partial charge in [-0.2, -0.15) is 0 Å². The van der Waals surface area contributed by atoms with Crippen LogP contribution in [-0.4, -0.2) is 47.1 Å². The molecule has 7 heteroatoms. The van der Waals surface area contributed by atoms with Gasteiger partial charge in [0.25, 0.3) is 0 Å². The molecule has 0 radical (unpaired) electrons. The van der Waals surface area contributed by atoms with Crippen molar-refractivity contribution in [3.05, 3.63) is 24.8 Å². The lowest BCUT2D eigenvalue weighted by atomic mass is 9.99. The number of likely N-dealkylation sites (tertiary alicyclic amines) is 2. The Morgan fingerprint density at radius 1 is 0.958 bits per heavy atom. The van der Waals surface area contributed by atoms with Crippen LogP contribution >= 0.6 is 70.0 Å². The normalized spacial score (nSPS) is 20.2. The van der Waals surface area contributed by atoms with Gasteiger partial charge < -0.3 is 10.0 Å². The second kappa shape index (κ2) is 11.0. The first-order valence-electron chi connectivity index (χ1n) is 8.27. The molecule has 2 aliphatic rings. The van der Waals surface area contributed by atoms with Crippen molar-refractivity contribution in [1.29, 1.82) is 0 Å². The van der Waals surface area contributed by atoms with Gasteiger partial charge in [0.15, 0.2) is 0 Å². The topological polar surface area (TPSA) is 26.7 Å². The highest BCUT2D eigenvalue weighted by molar-refractivity contribution is 14.1. The number of aromatic hydroxyl groups is 1. The number of rotatable bonds is 3. The van der Waals surface area contributed by atoms with Crippen LogP contribution in [0.15, 0.2) is 12.1 Å². The predicted molar refractivity (Wildman–Crippen MR) is 122 cm³/mol. The number of phenolic OH excluding ortho intramolecular Hbond substituents is 1. The van der Waals surface area contributed by atoms with E-state index in [1.54, 1.807) is 0 Å². The number of piperidine rings is 2. The second-order valence-electron chi connectivity index (χ2n) is 6.50. The smallest absolute Gasteiger partial charge is 0.133 e. The first kappa shape index (κ1) is 23.0. The number of benzene rings is 1. The molecule has 2 fully saturated rings. The molecule has 1 aromatic carbocycles. The van der Waals surface area contributed by atoms with Crippen LogP contribution in [0, 0.1) is 7.14 Å². The molecule has 0 unspecified atom stereocenters. The SMILES string of the molecule is Cl.Cl.Oc1c(I)cc(I)cc1CN1CCC(N2CCCCC2)CC1. The largest absolute Gasteiger partial charge is 0.507 e. The molecule has 2 saturated heterocycles. The van der Waals surface area contributed by atoms with Crippen molar-refractivity contribution in [1.82, 2.24) is 9.80 Å². The molecular formula is C17H26Cl2I2N2O. The Bertz CT molecular complexity index is 520. The minimum atomic E-state index is 0. The van der Waals surface area contributed by atoms with Crippen LogP contribution in [0.3, 0.4) is 0 Å². The molecule has 138 valence electrons. The summed E-state index contributed by atoms with van der Waals surface area (Å²) in [5, 5.41) is 10.3. The number of halogens is 4. The molecule has 2 heterocycles. The van der Waals surface area contributed by atoms with Crippen LogP contribution in [0.1, 0.15) is 37.7 Å². The van der Waals surface area contributed by atoms with Crippen LogP contribution < -0.4 is 0 Å². The van der Waals surface area contributed by atoms with Gasteiger partial charge in [0.1, 0.15) is 5.75 Å². The molecule has 24 heavy (non-hydrogen) atoms. The molecule has 0 amide bonds. The summed E-state index contributed by atoms with van der Waals surface area (Å²) in [6, 6.07) is 4.94. The fourth-order valence-electron chi connectivity index (χ4n) is 3.71. The highest BCUT2D eigenvalue weighted by atomic mass is 127. The Morgan fingerprint density at radius 3 is 2.21 bits per heavy atom. The zero-order valence-corrected chi connectivity index (χ0v) is 19.7. The summed E-state index contributed by atoms with van der Waals surface area (Å²) in [6.45, 7) is 5.80. The molecule has 3 nitrogen and oxygen atoms in total. The van der Waals surface area contributed by atoms with E-state index in [0.29, 0.717) is 5.75 Å². The zero-order valence-electron chi connectivity index (χ0n) is 13.7. The molecule has 0 aliphatic carbocycles. The van der Waals surface area contributed by atoms with E-state index in [9.17, 15) is 5.11 Å². The predicted octanol–water partition coefficient (Wildman–Crippen LogP) is 4.90. The highest BCUT2D eigenvalue weighted by Gasteiger charge is 2.26. The first-order valence-corrected chi connectivity index (χ1v) is 10.4. The summed E-state index contributed by atoms with van der Waals surface area (Å²) in [5.41, 5.74) is 1.08. The molecule has 0 aromatic heterocycles. The Balaban J connectivity index is 0.00000144. The molecule has 1 aromatic rings. The van der Waals surface area contributed by atoms with Crippen molar-refractivity contribution < 1.29 is 5.11 Å². The minimum Gasteiger partial charge on any atom is -0.507 e. The third-order valence-corrected chi connectivity index (χ3v) is 6.41. The van der Waals surface area contributed by atoms with E-state index in [1.807, 2.05) is 6.07 Å². The van der Waals surface area contributed by atoms with Gasteiger partial charge in [-0.05, 0) is 109 Å². The monoisotopic (exact) mass is 598 g/mol. The maximum absolute atomic E-state index is 10.3. The van der Waals surface area contributed by atoms with E-state index in [4.69, 9.17) is 0 Å². The molecular weight excluding hydrogens is 573 g/mol. The van der Waals surface area contributed by atoms with Gasteiger partial charge in [0.2, 0.25) is 0 Å². The Labute approximate surface area is 185 Å². The molecule has 2 aliphatic heterocycles. The maximum Gasteiger partial charge on any atom is 0.133 e. The molecule has 0 spiro atoms. The van der Waals surface area contributed by atoms with Gasteiger partial charge in [-0.3, -0.25) is 4.90 Å². The van der Waals surface area contributed by atoms with Crippen molar-refractivity contribution in [2.45, 2.75) is 44.7 Å². The lowest BCUT2D eigenvalue weighted by molar-refractivity contribution is 0.0893. The summed E-state index contributed by atoms with van der Waals surface area (Å²) in [4.78, 5) is 5.22. The summed E-state index contributed by atoms with van der Waals surface area (Å²) in [5.74, 6) is 0.471. The maximum atomic E-state index is 10.3. The van der Waals surface area contributed by atoms with Gasteiger partial charge >= 0.3 is 0 Å². The van der Waals surface area contributed by atoms with Crippen LogP contribution in [0.25, 0.3) is 0 Å². The lowest BCUT2D eigenvalue weighted by Gasteiger charge is -2.40. The lowest BCUT2D eigenvalue weighted by Crippen LogP contribution is -2.46. The number of phenols is 1. The third-order valence-electron chi connectivity index (χ3n) is 4.97. The molecule has 1 N–H and O–H groups in total. The van der Waals surface area contributed by atoms with Gasteiger partial charge in [-0.1, -0.05) is 6.42 Å². The zero-order chi connectivity index (χ0) is 15.5. The first-order chi connectivity index (χ1) is 10.6. The number of hydrogen-bond acceptors (Lipinski definition) is 3. The Hall–Kier alpha value is 0.980. The van der Waals surface area contributed by atoms with Gasteiger partial charge in [0.05, 0.1) is 3.57 Å². The summed E-state index contributed by atoms with van der Waals surface area (Å²) >= 11 is 4.56. The van der Waals surface area contributed by atoms with Crippen molar-refractivity contribution in [3.63, 3.8) is 0 Å². The standard InChI is InChI=1S/C17H24I2N2O.2ClH/c18-14-10-13(17(22)16(19)11-14)12-20-8-4-15(5-9-20)21-6-2-1-3-7-21;;/h10-11,15,22H,1-9,12H2;2*1H.